The molecular formula is C10H13ClF2N2O2. The number of amides is 1. The van der Waals surface area contributed by atoms with E-state index in [-0.39, 0.29) is 43.8 Å². The summed E-state index contributed by atoms with van der Waals surface area (Å²) in [6.07, 6.45) is 0. The molecule has 0 aliphatic rings. The molecule has 1 rings (SSSR count). The van der Waals surface area contributed by atoms with Gasteiger partial charge in [-0.25, -0.2) is 8.78 Å². The molecule has 0 heterocycles. The van der Waals surface area contributed by atoms with E-state index in [0.717, 1.165) is 12.1 Å². The van der Waals surface area contributed by atoms with Crippen LogP contribution in [0, 0.1) is 11.6 Å². The minimum atomic E-state index is -0.969. The van der Waals surface area contributed by atoms with Crippen LogP contribution in [0.2, 0.25) is 0 Å². The summed E-state index contributed by atoms with van der Waals surface area (Å²) in [5.41, 5.74) is 5.06. The number of nitrogens with one attached hydrogen (secondary N) is 1. The first-order chi connectivity index (χ1) is 7.63. The molecule has 0 radical (unpaired) electrons. The summed E-state index contributed by atoms with van der Waals surface area (Å²) in [7, 11) is 0. The normalized spacial score (nSPS) is 9.35. The number of nitrogens with two attached hydrogens (primary N) is 1. The molecule has 1 aromatic rings. The molecule has 0 saturated carbocycles. The first-order valence-corrected chi connectivity index (χ1v) is 4.68. The van der Waals surface area contributed by atoms with Crippen molar-refractivity contribution in [2.45, 2.75) is 0 Å². The summed E-state index contributed by atoms with van der Waals surface area (Å²) in [4.78, 5) is 10.7. The number of benzene rings is 1. The molecular weight excluding hydrogens is 254 g/mol. The molecule has 1 aromatic carbocycles. The third-order valence-electron chi connectivity index (χ3n) is 1.77. The maximum absolute atomic E-state index is 12.7. The van der Waals surface area contributed by atoms with E-state index in [9.17, 15) is 13.6 Å². The molecule has 0 atom stereocenters. The van der Waals surface area contributed by atoms with Crippen LogP contribution in [0.3, 0.4) is 0 Å². The van der Waals surface area contributed by atoms with Crippen molar-refractivity contribution >= 4 is 18.3 Å². The highest BCUT2D eigenvalue weighted by Gasteiger charge is 2.03. The second-order valence-corrected chi connectivity index (χ2v) is 2.98. The Morgan fingerprint density at radius 3 is 2.65 bits per heavy atom. The highest BCUT2D eigenvalue weighted by Crippen LogP contribution is 2.14. The Bertz CT molecular complexity index is 377. The van der Waals surface area contributed by atoms with Gasteiger partial charge < -0.3 is 15.8 Å². The van der Waals surface area contributed by atoms with Crippen molar-refractivity contribution in [1.82, 2.24) is 5.32 Å². The number of carbonyl (C=O) groups is 1. The van der Waals surface area contributed by atoms with Crippen LogP contribution in [0.1, 0.15) is 0 Å². The first kappa shape index (κ1) is 15.6. The van der Waals surface area contributed by atoms with Crippen LogP contribution in [-0.2, 0) is 4.79 Å². The first-order valence-electron chi connectivity index (χ1n) is 4.68. The van der Waals surface area contributed by atoms with Crippen LogP contribution in [0.15, 0.2) is 18.2 Å². The summed E-state index contributed by atoms with van der Waals surface area (Å²) < 4.78 is 30.3. The standard InChI is InChI=1S/C10H12F2N2O2.ClH/c11-8-2-1-7(5-9(8)12)16-4-3-14-10(15)6-13;/h1-2,5H,3-4,6,13H2,(H,14,15);1H. The average Bonchev–Trinajstić information content (AvgIpc) is 2.28. The van der Waals surface area contributed by atoms with Gasteiger partial charge >= 0.3 is 0 Å². The van der Waals surface area contributed by atoms with Gasteiger partial charge in [-0.1, -0.05) is 0 Å². The monoisotopic (exact) mass is 266 g/mol. The molecule has 0 aliphatic heterocycles. The predicted octanol–water partition coefficient (Wildman–Crippen LogP) is 0.840. The number of hydrogen-bond acceptors (Lipinski definition) is 3. The lowest BCUT2D eigenvalue weighted by molar-refractivity contribution is -0.119. The van der Waals surface area contributed by atoms with Gasteiger partial charge in [0, 0.05) is 6.07 Å². The van der Waals surface area contributed by atoms with Crippen molar-refractivity contribution in [2.75, 3.05) is 19.7 Å². The van der Waals surface area contributed by atoms with Gasteiger partial charge in [-0.05, 0) is 12.1 Å². The largest absolute Gasteiger partial charge is 0.492 e. The topological polar surface area (TPSA) is 64.4 Å². The minimum Gasteiger partial charge on any atom is -0.492 e. The van der Waals surface area contributed by atoms with E-state index in [1.54, 1.807) is 0 Å². The van der Waals surface area contributed by atoms with Crippen LogP contribution >= 0.6 is 12.4 Å². The molecule has 7 heteroatoms. The maximum Gasteiger partial charge on any atom is 0.233 e. The highest BCUT2D eigenvalue weighted by molar-refractivity contribution is 5.85. The van der Waals surface area contributed by atoms with Gasteiger partial charge in [0.05, 0.1) is 13.1 Å². The van der Waals surface area contributed by atoms with Gasteiger partial charge in [-0.15, -0.1) is 12.4 Å². The molecule has 0 bridgehead atoms. The second-order valence-electron chi connectivity index (χ2n) is 2.98. The van der Waals surface area contributed by atoms with Crippen molar-refractivity contribution < 1.29 is 18.3 Å². The Kier molecular flexibility index (Phi) is 7.16. The summed E-state index contributed by atoms with van der Waals surface area (Å²) in [6.45, 7) is 0.330. The lowest BCUT2D eigenvalue weighted by Gasteiger charge is -2.07. The van der Waals surface area contributed by atoms with Gasteiger partial charge in [-0.2, -0.15) is 0 Å². The van der Waals surface area contributed by atoms with Crippen molar-refractivity contribution in [3.8, 4) is 5.75 Å². The van der Waals surface area contributed by atoms with Gasteiger partial charge in [0.2, 0.25) is 5.91 Å². The summed E-state index contributed by atoms with van der Waals surface area (Å²) in [6, 6.07) is 3.23. The van der Waals surface area contributed by atoms with E-state index in [1.807, 2.05) is 0 Å². The SMILES string of the molecule is Cl.NCC(=O)NCCOc1ccc(F)c(F)c1. The molecule has 0 aliphatic carbocycles. The Morgan fingerprint density at radius 2 is 2.06 bits per heavy atom. The van der Waals surface area contributed by atoms with Crippen LogP contribution in [0.25, 0.3) is 0 Å². The van der Waals surface area contributed by atoms with E-state index in [4.69, 9.17) is 10.5 Å². The van der Waals surface area contributed by atoms with Crippen LogP contribution in [-0.4, -0.2) is 25.6 Å². The fourth-order valence-corrected chi connectivity index (χ4v) is 0.998. The molecule has 0 saturated heterocycles. The van der Waals surface area contributed by atoms with E-state index < -0.39 is 11.6 Å². The second kappa shape index (κ2) is 7.81. The number of hydrogen-bond donors (Lipinski definition) is 2. The number of carbonyl (C=O) groups excluding carboxylic acids is 1. The minimum absolute atomic E-state index is 0. The Morgan fingerprint density at radius 1 is 1.35 bits per heavy atom. The van der Waals surface area contributed by atoms with E-state index in [1.165, 1.54) is 6.07 Å². The fourth-order valence-electron chi connectivity index (χ4n) is 0.998. The summed E-state index contributed by atoms with van der Waals surface area (Å²) >= 11 is 0. The molecule has 4 nitrogen and oxygen atoms in total. The summed E-state index contributed by atoms with van der Waals surface area (Å²) in [5.74, 6) is -1.98. The molecule has 1 amide bonds. The maximum atomic E-state index is 12.7. The number of ether oxygens (including phenoxy) is 1. The molecule has 17 heavy (non-hydrogen) atoms. The Labute approximate surface area is 104 Å². The predicted molar refractivity (Wildman–Crippen MR) is 61.2 cm³/mol. The van der Waals surface area contributed by atoms with Crippen molar-refractivity contribution in [1.29, 1.82) is 0 Å². The van der Waals surface area contributed by atoms with Crippen molar-refractivity contribution in [3.63, 3.8) is 0 Å². The Balaban J connectivity index is 0.00000256. The van der Waals surface area contributed by atoms with E-state index in [0.29, 0.717) is 0 Å². The van der Waals surface area contributed by atoms with E-state index >= 15 is 0 Å². The van der Waals surface area contributed by atoms with Gasteiger partial charge in [0.25, 0.3) is 0 Å². The molecule has 96 valence electrons. The van der Waals surface area contributed by atoms with E-state index in [2.05, 4.69) is 5.32 Å². The van der Waals surface area contributed by atoms with Crippen LogP contribution in [0.5, 0.6) is 5.75 Å². The smallest absolute Gasteiger partial charge is 0.233 e. The average molecular weight is 267 g/mol. The van der Waals surface area contributed by atoms with Crippen molar-refractivity contribution in [2.24, 2.45) is 5.73 Å². The van der Waals surface area contributed by atoms with Gasteiger partial charge in [-0.3, -0.25) is 4.79 Å². The number of halogens is 3. The molecule has 0 spiro atoms. The summed E-state index contributed by atoms with van der Waals surface area (Å²) in [5, 5.41) is 2.47. The molecule has 0 aromatic heterocycles. The highest BCUT2D eigenvalue weighted by atomic mass is 35.5. The zero-order chi connectivity index (χ0) is 12.0. The van der Waals surface area contributed by atoms with Crippen molar-refractivity contribution in [3.05, 3.63) is 29.8 Å². The third kappa shape index (κ3) is 5.46. The quantitative estimate of drug-likeness (QED) is 0.777. The lowest BCUT2D eigenvalue weighted by atomic mass is 10.3. The van der Waals surface area contributed by atoms with Gasteiger partial charge in [0.15, 0.2) is 11.6 Å². The van der Waals surface area contributed by atoms with Gasteiger partial charge in [0.1, 0.15) is 12.4 Å². The zero-order valence-electron chi connectivity index (χ0n) is 8.91. The molecule has 0 unspecified atom stereocenters. The van der Waals surface area contributed by atoms with Crippen LogP contribution in [0.4, 0.5) is 8.78 Å². The fraction of sp³-hybridized carbons (Fsp3) is 0.300. The van der Waals surface area contributed by atoms with Crippen LogP contribution < -0.4 is 15.8 Å². The zero-order valence-corrected chi connectivity index (χ0v) is 9.73. The molecule has 3 N–H and O–H groups in total. The Hall–Kier alpha value is -1.40. The molecule has 0 fully saturated rings. The lowest BCUT2D eigenvalue weighted by Crippen LogP contribution is -2.33. The third-order valence-corrected chi connectivity index (χ3v) is 1.77. The number of rotatable bonds is 5.